The summed E-state index contributed by atoms with van der Waals surface area (Å²) in [6.45, 7) is 3.56. The monoisotopic (exact) mass is 240 g/mol. The first-order chi connectivity index (χ1) is 7.89. The van der Waals surface area contributed by atoms with E-state index in [9.17, 15) is 9.59 Å². The van der Waals surface area contributed by atoms with Crippen LogP contribution in [0.3, 0.4) is 0 Å². The zero-order chi connectivity index (χ0) is 12.9. The van der Waals surface area contributed by atoms with Crippen molar-refractivity contribution in [3.05, 3.63) is 24.2 Å². The fourth-order valence-corrected chi connectivity index (χ4v) is 1.35. The number of hydrogen-bond donors (Lipinski definition) is 3. The summed E-state index contributed by atoms with van der Waals surface area (Å²) in [6, 6.07) is 3.04. The van der Waals surface area contributed by atoms with E-state index in [0.717, 1.165) is 0 Å². The number of hydrogen-bond acceptors (Lipinski definition) is 3. The number of amides is 2. The molecule has 0 aliphatic rings. The van der Waals surface area contributed by atoms with Crippen LogP contribution >= 0.6 is 0 Å². The number of urea groups is 1. The standard InChI is InChI=1S/C11H16N2O4/c1-11(2,6-9(14)15)13-10(16)12-7-8-4-3-5-17-8/h3-5H,6-7H2,1-2H3,(H,14,15)(H2,12,13,16). The lowest BCUT2D eigenvalue weighted by Crippen LogP contribution is -2.49. The summed E-state index contributed by atoms with van der Waals surface area (Å²) in [5, 5.41) is 13.8. The molecule has 0 fully saturated rings. The van der Waals surface area contributed by atoms with Crippen molar-refractivity contribution >= 4 is 12.0 Å². The number of nitrogens with one attached hydrogen (secondary N) is 2. The van der Waals surface area contributed by atoms with E-state index in [0.29, 0.717) is 5.76 Å². The molecule has 0 aromatic carbocycles. The largest absolute Gasteiger partial charge is 0.481 e. The van der Waals surface area contributed by atoms with Crippen LogP contribution in [0.25, 0.3) is 0 Å². The van der Waals surface area contributed by atoms with E-state index in [1.165, 1.54) is 6.26 Å². The van der Waals surface area contributed by atoms with Crippen molar-refractivity contribution in [1.82, 2.24) is 10.6 Å². The summed E-state index contributed by atoms with van der Waals surface area (Å²) in [6.07, 6.45) is 1.38. The Morgan fingerprint density at radius 1 is 1.47 bits per heavy atom. The fraction of sp³-hybridized carbons (Fsp3) is 0.455. The van der Waals surface area contributed by atoms with Crippen LogP contribution in [0, 0.1) is 0 Å². The SMILES string of the molecule is CC(C)(CC(=O)O)NC(=O)NCc1ccco1. The van der Waals surface area contributed by atoms with Crippen LogP contribution in [0.15, 0.2) is 22.8 Å². The zero-order valence-corrected chi connectivity index (χ0v) is 9.82. The molecule has 6 nitrogen and oxygen atoms in total. The Bertz CT molecular complexity index is 384. The van der Waals surface area contributed by atoms with Gasteiger partial charge in [-0.15, -0.1) is 0 Å². The lowest BCUT2D eigenvalue weighted by molar-refractivity contribution is -0.138. The average molecular weight is 240 g/mol. The molecule has 0 unspecified atom stereocenters. The van der Waals surface area contributed by atoms with Crippen molar-refractivity contribution in [2.75, 3.05) is 0 Å². The lowest BCUT2D eigenvalue weighted by atomic mass is 10.0. The molecule has 0 saturated carbocycles. The van der Waals surface area contributed by atoms with Crippen LogP contribution in [0.1, 0.15) is 26.0 Å². The first-order valence-electron chi connectivity index (χ1n) is 5.19. The van der Waals surface area contributed by atoms with E-state index in [4.69, 9.17) is 9.52 Å². The molecule has 6 heteroatoms. The smallest absolute Gasteiger partial charge is 0.315 e. The third-order valence-corrected chi connectivity index (χ3v) is 2.05. The first kappa shape index (κ1) is 13.1. The van der Waals surface area contributed by atoms with Gasteiger partial charge >= 0.3 is 12.0 Å². The lowest BCUT2D eigenvalue weighted by Gasteiger charge is -2.24. The van der Waals surface area contributed by atoms with E-state index in [1.54, 1.807) is 26.0 Å². The summed E-state index contributed by atoms with van der Waals surface area (Å²) < 4.78 is 5.04. The van der Waals surface area contributed by atoms with Crippen molar-refractivity contribution in [2.24, 2.45) is 0 Å². The highest BCUT2D eigenvalue weighted by molar-refractivity contribution is 5.76. The Morgan fingerprint density at radius 2 is 2.18 bits per heavy atom. The van der Waals surface area contributed by atoms with Crippen LogP contribution in [-0.2, 0) is 11.3 Å². The number of furan rings is 1. The van der Waals surface area contributed by atoms with Gasteiger partial charge in [-0.1, -0.05) is 0 Å². The first-order valence-corrected chi connectivity index (χ1v) is 5.19. The van der Waals surface area contributed by atoms with Crippen LogP contribution in [0.5, 0.6) is 0 Å². The van der Waals surface area contributed by atoms with Gasteiger partial charge in [0.25, 0.3) is 0 Å². The van der Waals surface area contributed by atoms with Crippen LogP contribution in [0.2, 0.25) is 0 Å². The Morgan fingerprint density at radius 3 is 2.71 bits per heavy atom. The predicted octanol–water partition coefficient (Wildman–Crippen LogP) is 1.33. The molecule has 0 atom stereocenters. The molecule has 0 bridgehead atoms. The highest BCUT2D eigenvalue weighted by atomic mass is 16.4. The molecule has 17 heavy (non-hydrogen) atoms. The number of carbonyl (C=O) groups excluding carboxylic acids is 1. The van der Waals surface area contributed by atoms with E-state index in [2.05, 4.69) is 10.6 Å². The highest BCUT2D eigenvalue weighted by Crippen LogP contribution is 2.07. The van der Waals surface area contributed by atoms with Gasteiger partial charge in [0.15, 0.2) is 0 Å². The van der Waals surface area contributed by atoms with E-state index in [1.807, 2.05) is 0 Å². The maximum Gasteiger partial charge on any atom is 0.315 e. The number of carboxylic acid groups (broad SMARTS) is 1. The molecule has 94 valence electrons. The minimum Gasteiger partial charge on any atom is -0.481 e. The Hall–Kier alpha value is -1.98. The molecule has 0 spiro atoms. The maximum atomic E-state index is 11.5. The minimum absolute atomic E-state index is 0.138. The fourth-order valence-electron chi connectivity index (χ4n) is 1.35. The van der Waals surface area contributed by atoms with E-state index in [-0.39, 0.29) is 13.0 Å². The zero-order valence-electron chi connectivity index (χ0n) is 9.82. The highest BCUT2D eigenvalue weighted by Gasteiger charge is 2.23. The predicted molar refractivity (Wildman–Crippen MR) is 60.4 cm³/mol. The van der Waals surface area contributed by atoms with Crippen molar-refractivity contribution in [2.45, 2.75) is 32.4 Å². The van der Waals surface area contributed by atoms with Crippen molar-refractivity contribution in [3.8, 4) is 0 Å². The van der Waals surface area contributed by atoms with Gasteiger partial charge in [0.2, 0.25) is 0 Å². The molecule has 1 heterocycles. The number of carbonyl (C=O) groups is 2. The van der Waals surface area contributed by atoms with Crippen molar-refractivity contribution in [1.29, 1.82) is 0 Å². The molecular formula is C11H16N2O4. The quantitative estimate of drug-likeness (QED) is 0.724. The van der Waals surface area contributed by atoms with Crippen molar-refractivity contribution in [3.63, 3.8) is 0 Å². The number of aliphatic carboxylic acids is 1. The van der Waals surface area contributed by atoms with Gasteiger partial charge < -0.3 is 20.2 Å². The molecule has 1 aromatic rings. The Balaban J connectivity index is 2.36. The van der Waals surface area contributed by atoms with Gasteiger partial charge in [0.1, 0.15) is 5.76 Å². The molecule has 0 radical (unpaired) electrons. The molecule has 0 aliphatic heterocycles. The summed E-state index contributed by atoms with van der Waals surface area (Å²) >= 11 is 0. The second-order valence-electron chi connectivity index (χ2n) is 4.34. The maximum absolute atomic E-state index is 11.5. The Kier molecular flexibility index (Phi) is 4.14. The molecule has 1 aromatic heterocycles. The van der Waals surface area contributed by atoms with Gasteiger partial charge in [-0.05, 0) is 26.0 Å². The van der Waals surface area contributed by atoms with Crippen molar-refractivity contribution < 1.29 is 19.1 Å². The third kappa shape index (κ3) is 5.05. The molecule has 3 N–H and O–H groups in total. The van der Waals surface area contributed by atoms with Crippen LogP contribution < -0.4 is 10.6 Å². The van der Waals surface area contributed by atoms with Crippen LogP contribution in [-0.4, -0.2) is 22.6 Å². The van der Waals surface area contributed by atoms with Gasteiger partial charge in [0.05, 0.1) is 19.2 Å². The van der Waals surface area contributed by atoms with E-state index < -0.39 is 17.5 Å². The van der Waals surface area contributed by atoms with Gasteiger partial charge in [0, 0.05) is 5.54 Å². The number of carboxylic acids is 1. The van der Waals surface area contributed by atoms with E-state index >= 15 is 0 Å². The summed E-state index contributed by atoms with van der Waals surface area (Å²) in [5.41, 5.74) is -0.793. The summed E-state index contributed by atoms with van der Waals surface area (Å²) in [4.78, 5) is 22.0. The normalized spacial score (nSPS) is 10.9. The molecule has 0 saturated heterocycles. The molecule has 0 aliphatic carbocycles. The summed E-state index contributed by atoms with van der Waals surface area (Å²) in [7, 11) is 0. The molecular weight excluding hydrogens is 224 g/mol. The van der Waals surface area contributed by atoms with Gasteiger partial charge in [-0.2, -0.15) is 0 Å². The third-order valence-electron chi connectivity index (χ3n) is 2.05. The minimum atomic E-state index is -0.957. The topological polar surface area (TPSA) is 91.6 Å². The molecule has 2 amide bonds. The van der Waals surface area contributed by atoms with Crippen LogP contribution in [0.4, 0.5) is 4.79 Å². The summed E-state index contributed by atoms with van der Waals surface area (Å²) in [5.74, 6) is -0.322. The van der Waals surface area contributed by atoms with Gasteiger partial charge in [-0.25, -0.2) is 4.79 Å². The average Bonchev–Trinajstić information content (AvgIpc) is 2.63. The van der Waals surface area contributed by atoms with Gasteiger partial charge in [-0.3, -0.25) is 4.79 Å². The molecule has 1 rings (SSSR count). The second-order valence-corrected chi connectivity index (χ2v) is 4.34. The Labute approximate surface area is 99.0 Å². The second kappa shape index (κ2) is 5.38. The number of rotatable bonds is 5.